The van der Waals surface area contributed by atoms with Crippen LogP contribution in [0.25, 0.3) is 0 Å². The molecule has 0 bridgehead atoms. The monoisotopic (exact) mass is 476 g/mol. The number of ether oxygens (including phenoxy) is 1. The maximum absolute atomic E-state index is 13.0. The lowest BCUT2D eigenvalue weighted by atomic mass is 10.1. The summed E-state index contributed by atoms with van der Waals surface area (Å²) in [5.41, 5.74) is -0.164. The van der Waals surface area contributed by atoms with Crippen molar-refractivity contribution in [3.8, 4) is 0 Å². The van der Waals surface area contributed by atoms with E-state index in [1.165, 1.54) is 0 Å². The summed E-state index contributed by atoms with van der Waals surface area (Å²) < 4.78 is 6.40. The van der Waals surface area contributed by atoms with Crippen LogP contribution in [0, 0.1) is 3.57 Å². The predicted molar refractivity (Wildman–Crippen MR) is 105 cm³/mol. The molecular formula is C18H22ClIN2O3. The topological polar surface area (TPSA) is 49.9 Å². The summed E-state index contributed by atoms with van der Waals surface area (Å²) in [6.07, 6.45) is 1.52. The normalized spacial score (nSPS) is 19.1. The lowest BCUT2D eigenvalue weighted by Gasteiger charge is -2.42. The summed E-state index contributed by atoms with van der Waals surface area (Å²) >= 11 is 8.31. The van der Waals surface area contributed by atoms with Gasteiger partial charge in [-0.3, -0.25) is 4.79 Å². The van der Waals surface area contributed by atoms with E-state index in [0.29, 0.717) is 30.2 Å². The van der Waals surface area contributed by atoms with E-state index in [1.54, 1.807) is 11.0 Å². The van der Waals surface area contributed by atoms with Crippen molar-refractivity contribution < 1.29 is 14.3 Å². The first-order valence-electron chi connectivity index (χ1n) is 8.36. The molecule has 1 aliphatic heterocycles. The maximum atomic E-state index is 13.0. The first kappa shape index (κ1) is 18.8. The van der Waals surface area contributed by atoms with Gasteiger partial charge in [0.05, 0.1) is 10.6 Å². The summed E-state index contributed by atoms with van der Waals surface area (Å²) in [4.78, 5) is 28.9. The molecule has 1 aromatic rings. The molecule has 0 radical (unpaired) electrons. The van der Waals surface area contributed by atoms with E-state index in [-0.39, 0.29) is 17.5 Å². The second-order valence-electron chi connectivity index (χ2n) is 7.71. The molecule has 5 nitrogen and oxygen atoms in total. The number of amides is 2. The molecule has 3 rings (SSSR count). The Hall–Kier alpha value is -1.02. The zero-order valence-corrected chi connectivity index (χ0v) is 17.6. The van der Waals surface area contributed by atoms with E-state index in [0.717, 1.165) is 16.4 Å². The van der Waals surface area contributed by atoms with Gasteiger partial charge >= 0.3 is 6.09 Å². The molecule has 1 aliphatic carbocycles. The van der Waals surface area contributed by atoms with Crippen LogP contribution in [-0.2, 0) is 4.74 Å². The fourth-order valence-electron chi connectivity index (χ4n) is 3.13. The van der Waals surface area contributed by atoms with E-state index in [4.69, 9.17) is 16.3 Å². The van der Waals surface area contributed by atoms with Crippen molar-refractivity contribution in [1.29, 1.82) is 0 Å². The minimum atomic E-state index is -0.515. The number of halogens is 2. The number of nitrogens with zero attached hydrogens (tertiary/aromatic N) is 2. The van der Waals surface area contributed by atoms with Gasteiger partial charge in [0.25, 0.3) is 5.91 Å². The highest BCUT2D eigenvalue weighted by molar-refractivity contribution is 14.1. The molecule has 2 amide bonds. The summed E-state index contributed by atoms with van der Waals surface area (Å²) in [5.74, 6) is -0.0142. The van der Waals surface area contributed by atoms with Crippen LogP contribution in [0.5, 0.6) is 0 Å². The molecule has 0 atom stereocenters. The zero-order valence-electron chi connectivity index (χ0n) is 14.6. The Balaban J connectivity index is 1.73. The number of rotatable bonds is 1. The van der Waals surface area contributed by atoms with Crippen LogP contribution < -0.4 is 0 Å². The molecule has 2 aliphatic rings. The molecule has 136 valence electrons. The highest BCUT2D eigenvalue weighted by Gasteiger charge is 2.54. The number of carbonyl (C=O) groups is 2. The molecule has 0 unspecified atom stereocenters. The third-order valence-corrected chi connectivity index (χ3v) is 6.11. The molecule has 0 aromatic heterocycles. The SMILES string of the molecule is CC(C)(C)OC(=O)N1CCN(C(=O)c2ccc(I)c(Cl)c2)C2(CC2)C1. The fraction of sp³-hybridized carbons (Fsp3) is 0.556. The molecule has 1 saturated carbocycles. The Kier molecular flexibility index (Phi) is 4.96. The van der Waals surface area contributed by atoms with Gasteiger partial charge in [-0.2, -0.15) is 0 Å². The van der Waals surface area contributed by atoms with Crippen molar-refractivity contribution >= 4 is 46.2 Å². The average Bonchev–Trinajstić information content (AvgIpc) is 3.27. The third-order valence-electron chi connectivity index (χ3n) is 4.54. The number of hydrogen-bond acceptors (Lipinski definition) is 3. The molecule has 1 heterocycles. The van der Waals surface area contributed by atoms with Gasteiger partial charge in [-0.05, 0) is 74.4 Å². The van der Waals surface area contributed by atoms with Gasteiger partial charge in [0.1, 0.15) is 5.60 Å². The zero-order chi connectivity index (χ0) is 18.4. The highest BCUT2D eigenvalue weighted by atomic mass is 127. The van der Waals surface area contributed by atoms with E-state index in [2.05, 4.69) is 22.6 Å². The van der Waals surface area contributed by atoms with Crippen molar-refractivity contribution in [2.24, 2.45) is 0 Å². The first-order valence-corrected chi connectivity index (χ1v) is 9.82. The highest BCUT2D eigenvalue weighted by Crippen LogP contribution is 2.45. The van der Waals surface area contributed by atoms with Crippen molar-refractivity contribution in [2.45, 2.75) is 44.8 Å². The van der Waals surface area contributed by atoms with Crippen LogP contribution in [0.1, 0.15) is 44.0 Å². The molecule has 0 N–H and O–H groups in total. The van der Waals surface area contributed by atoms with Crippen LogP contribution in [0.2, 0.25) is 5.02 Å². The minimum absolute atomic E-state index is 0.0142. The molecule has 2 fully saturated rings. The van der Waals surface area contributed by atoms with E-state index >= 15 is 0 Å². The molecule has 1 saturated heterocycles. The Morgan fingerprint density at radius 2 is 1.92 bits per heavy atom. The molecular weight excluding hydrogens is 455 g/mol. The van der Waals surface area contributed by atoms with Gasteiger partial charge in [-0.1, -0.05) is 11.6 Å². The second kappa shape index (κ2) is 6.61. The Bertz CT molecular complexity index is 713. The van der Waals surface area contributed by atoms with Gasteiger partial charge in [-0.25, -0.2) is 4.79 Å². The van der Waals surface area contributed by atoms with Crippen LogP contribution >= 0.6 is 34.2 Å². The van der Waals surface area contributed by atoms with Gasteiger partial charge in [-0.15, -0.1) is 0 Å². The van der Waals surface area contributed by atoms with Gasteiger partial charge in [0, 0.05) is 28.8 Å². The van der Waals surface area contributed by atoms with Crippen molar-refractivity contribution in [3.63, 3.8) is 0 Å². The summed E-state index contributed by atoms with van der Waals surface area (Å²) in [7, 11) is 0. The Labute approximate surface area is 166 Å². The van der Waals surface area contributed by atoms with E-state index < -0.39 is 5.60 Å². The van der Waals surface area contributed by atoms with E-state index in [1.807, 2.05) is 37.8 Å². The smallest absolute Gasteiger partial charge is 0.410 e. The summed E-state index contributed by atoms with van der Waals surface area (Å²) in [6.45, 7) is 7.11. The van der Waals surface area contributed by atoms with Crippen LogP contribution in [0.3, 0.4) is 0 Å². The fourth-order valence-corrected chi connectivity index (χ4v) is 3.65. The average molecular weight is 477 g/mol. The lowest BCUT2D eigenvalue weighted by Crippen LogP contribution is -2.58. The number of benzene rings is 1. The molecule has 7 heteroatoms. The maximum Gasteiger partial charge on any atom is 0.410 e. The number of carbonyl (C=O) groups excluding carboxylic acids is 2. The number of piperazine rings is 1. The standard InChI is InChI=1S/C18H22ClIN2O3/c1-17(2,3)25-16(24)21-8-9-22(18(11-21)6-7-18)15(23)12-4-5-14(20)13(19)10-12/h4-5,10H,6-9,11H2,1-3H3. The molecule has 25 heavy (non-hydrogen) atoms. The minimum Gasteiger partial charge on any atom is -0.444 e. The Morgan fingerprint density at radius 3 is 2.48 bits per heavy atom. The van der Waals surface area contributed by atoms with Crippen LogP contribution in [0.15, 0.2) is 18.2 Å². The summed E-state index contributed by atoms with van der Waals surface area (Å²) in [6, 6.07) is 5.39. The first-order chi connectivity index (χ1) is 11.6. The summed E-state index contributed by atoms with van der Waals surface area (Å²) in [5, 5.41) is 0.587. The van der Waals surface area contributed by atoms with Gasteiger partial charge in [0.2, 0.25) is 0 Å². The van der Waals surface area contributed by atoms with Crippen molar-refractivity contribution in [2.75, 3.05) is 19.6 Å². The largest absolute Gasteiger partial charge is 0.444 e. The van der Waals surface area contributed by atoms with Crippen LogP contribution in [-0.4, -0.2) is 52.6 Å². The number of hydrogen-bond donors (Lipinski definition) is 0. The second-order valence-corrected chi connectivity index (χ2v) is 9.28. The van der Waals surface area contributed by atoms with Gasteiger partial charge in [0.15, 0.2) is 0 Å². The van der Waals surface area contributed by atoms with Crippen molar-refractivity contribution in [3.05, 3.63) is 32.4 Å². The quantitative estimate of drug-likeness (QED) is 0.572. The van der Waals surface area contributed by atoms with Crippen LogP contribution in [0.4, 0.5) is 4.79 Å². The van der Waals surface area contributed by atoms with Gasteiger partial charge < -0.3 is 14.5 Å². The Morgan fingerprint density at radius 1 is 1.24 bits per heavy atom. The predicted octanol–water partition coefficient (Wildman–Crippen LogP) is 4.17. The molecule has 1 aromatic carbocycles. The lowest BCUT2D eigenvalue weighted by molar-refractivity contribution is 0.000636. The van der Waals surface area contributed by atoms with E-state index in [9.17, 15) is 9.59 Å². The van der Waals surface area contributed by atoms with Crippen molar-refractivity contribution in [1.82, 2.24) is 9.80 Å². The third kappa shape index (κ3) is 4.05. The molecule has 1 spiro atoms.